The van der Waals surface area contributed by atoms with E-state index in [0.717, 1.165) is 11.5 Å². The van der Waals surface area contributed by atoms with Crippen LogP contribution in [0.2, 0.25) is 0 Å². The number of halogens is 3. The molecule has 1 aromatic heterocycles. The van der Waals surface area contributed by atoms with Crippen molar-refractivity contribution in [2.75, 3.05) is 0 Å². The number of amides is 1. The third-order valence-corrected chi connectivity index (χ3v) is 3.99. The van der Waals surface area contributed by atoms with E-state index in [4.69, 9.17) is 0 Å². The number of aromatic nitrogens is 1. The highest BCUT2D eigenvalue weighted by Crippen LogP contribution is 2.19. The van der Waals surface area contributed by atoms with Crippen LogP contribution in [0.1, 0.15) is 0 Å². The summed E-state index contributed by atoms with van der Waals surface area (Å²) < 4.78 is 71.9. The van der Waals surface area contributed by atoms with Crippen LogP contribution < -0.4 is 9.46 Å². The fourth-order valence-corrected chi connectivity index (χ4v) is 2.63. The predicted octanol–water partition coefficient (Wildman–Crippen LogP) is 2.04. The summed E-state index contributed by atoms with van der Waals surface area (Å²) in [6.07, 6.45) is -1.47. The van der Waals surface area contributed by atoms with Crippen molar-refractivity contribution < 1.29 is 31.1 Å². The molecule has 0 aliphatic heterocycles. The van der Waals surface area contributed by atoms with Gasteiger partial charge in [0.1, 0.15) is 4.90 Å². The minimum Gasteiger partial charge on any atom is -0.390 e. The second-order valence-corrected chi connectivity index (χ2v) is 5.82. The Hall–Kier alpha value is -2.14. The topological polar surface area (TPSA) is 85.4 Å². The molecule has 112 valence electrons. The number of rotatable bonds is 3. The molecule has 1 amide bonds. The van der Waals surface area contributed by atoms with Crippen molar-refractivity contribution in [1.29, 1.82) is 0 Å². The van der Waals surface area contributed by atoms with Gasteiger partial charge in [-0.3, -0.25) is 0 Å². The van der Waals surface area contributed by atoms with Gasteiger partial charge in [0.25, 0.3) is 10.0 Å². The van der Waals surface area contributed by atoms with Crippen LogP contribution in [0, 0.1) is 17.5 Å². The fraction of sp³-hybridized carbons (Fsp3) is 0. The minimum absolute atomic E-state index is 0.168. The zero-order chi connectivity index (χ0) is 15.6. The number of ether oxygens (including phenoxy) is 1. The van der Waals surface area contributed by atoms with E-state index in [0.29, 0.717) is 12.1 Å². The Labute approximate surface area is 120 Å². The molecule has 2 rings (SSSR count). The zero-order valence-corrected chi connectivity index (χ0v) is 11.5. The second kappa shape index (κ2) is 5.69. The van der Waals surface area contributed by atoms with Crippen LogP contribution in [-0.2, 0) is 10.0 Å². The van der Waals surface area contributed by atoms with Crippen molar-refractivity contribution in [2.45, 2.75) is 4.90 Å². The molecule has 0 spiro atoms. The average molecular weight is 338 g/mol. The summed E-state index contributed by atoms with van der Waals surface area (Å²) >= 11 is 0.946. The maximum Gasteiger partial charge on any atom is 0.428 e. The van der Waals surface area contributed by atoms with E-state index in [1.165, 1.54) is 16.2 Å². The molecule has 0 atom stereocenters. The molecule has 21 heavy (non-hydrogen) atoms. The Morgan fingerprint density at radius 1 is 1.19 bits per heavy atom. The predicted molar refractivity (Wildman–Crippen MR) is 64.8 cm³/mol. The zero-order valence-electron chi connectivity index (χ0n) is 9.84. The number of hydrogen-bond donors (Lipinski definition) is 1. The lowest BCUT2D eigenvalue weighted by molar-refractivity contribution is 0.205. The molecule has 0 fully saturated rings. The van der Waals surface area contributed by atoms with Gasteiger partial charge in [0.15, 0.2) is 17.5 Å². The molecule has 0 bridgehead atoms. The third kappa shape index (κ3) is 3.31. The van der Waals surface area contributed by atoms with E-state index >= 15 is 0 Å². The Balaban J connectivity index is 2.23. The fourth-order valence-electron chi connectivity index (χ4n) is 1.25. The molecule has 0 aliphatic carbocycles. The van der Waals surface area contributed by atoms with Crippen LogP contribution >= 0.6 is 11.5 Å². The van der Waals surface area contributed by atoms with E-state index in [2.05, 4.69) is 9.11 Å². The van der Waals surface area contributed by atoms with Crippen LogP contribution in [-0.4, -0.2) is 18.9 Å². The molecular formula is C10H5F3N2O4S2. The summed E-state index contributed by atoms with van der Waals surface area (Å²) in [5, 5.41) is 1.46. The molecule has 0 radical (unpaired) electrons. The molecule has 1 aromatic carbocycles. The van der Waals surface area contributed by atoms with Gasteiger partial charge in [0, 0.05) is 11.4 Å². The van der Waals surface area contributed by atoms with Gasteiger partial charge in [-0.1, -0.05) is 0 Å². The van der Waals surface area contributed by atoms with Gasteiger partial charge in [-0.2, -0.15) is 4.37 Å². The normalized spacial score (nSPS) is 11.2. The molecule has 0 saturated carbocycles. The lowest BCUT2D eigenvalue weighted by atomic mass is 10.3. The highest BCUT2D eigenvalue weighted by Gasteiger charge is 2.26. The van der Waals surface area contributed by atoms with Crippen LogP contribution in [0.5, 0.6) is 5.88 Å². The highest BCUT2D eigenvalue weighted by molar-refractivity contribution is 7.90. The molecule has 1 heterocycles. The summed E-state index contributed by atoms with van der Waals surface area (Å²) in [5.74, 6) is -5.63. The van der Waals surface area contributed by atoms with Crippen LogP contribution in [0.4, 0.5) is 18.0 Å². The van der Waals surface area contributed by atoms with Gasteiger partial charge in [-0.15, -0.1) is 0 Å². The summed E-state index contributed by atoms with van der Waals surface area (Å²) in [7, 11) is -4.76. The van der Waals surface area contributed by atoms with E-state index in [-0.39, 0.29) is 5.88 Å². The first-order valence-corrected chi connectivity index (χ1v) is 7.42. The van der Waals surface area contributed by atoms with Gasteiger partial charge >= 0.3 is 6.09 Å². The van der Waals surface area contributed by atoms with Crippen LogP contribution in [0.3, 0.4) is 0 Å². The van der Waals surface area contributed by atoms with E-state index in [1.54, 1.807) is 0 Å². The first-order valence-electron chi connectivity index (χ1n) is 5.10. The Kier molecular flexibility index (Phi) is 4.14. The van der Waals surface area contributed by atoms with E-state index in [9.17, 15) is 26.4 Å². The lowest BCUT2D eigenvalue weighted by Crippen LogP contribution is -2.33. The number of nitrogens with one attached hydrogen (secondary N) is 1. The number of nitrogens with zero attached hydrogens (tertiary/aromatic N) is 1. The average Bonchev–Trinajstić information content (AvgIpc) is 2.87. The molecule has 2 aromatic rings. The molecule has 0 unspecified atom stereocenters. The van der Waals surface area contributed by atoms with Gasteiger partial charge in [-0.05, 0) is 23.7 Å². The number of benzene rings is 1. The van der Waals surface area contributed by atoms with E-state index in [1.807, 2.05) is 0 Å². The largest absolute Gasteiger partial charge is 0.428 e. The number of hydrogen-bond acceptors (Lipinski definition) is 6. The first kappa shape index (κ1) is 15.3. The molecule has 0 saturated heterocycles. The molecular weight excluding hydrogens is 333 g/mol. The Morgan fingerprint density at radius 2 is 1.90 bits per heavy atom. The summed E-state index contributed by atoms with van der Waals surface area (Å²) in [5.41, 5.74) is 0. The van der Waals surface area contributed by atoms with Crippen molar-refractivity contribution in [2.24, 2.45) is 0 Å². The highest BCUT2D eigenvalue weighted by atomic mass is 32.2. The number of carbonyl (C=O) groups excluding carboxylic acids is 1. The van der Waals surface area contributed by atoms with Gasteiger partial charge in [0.2, 0.25) is 5.88 Å². The maximum absolute atomic E-state index is 13.4. The maximum atomic E-state index is 13.4. The molecule has 11 heteroatoms. The third-order valence-electron chi connectivity index (χ3n) is 2.12. The monoisotopic (exact) mass is 338 g/mol. The van der Waals surface area contributed by atoms with Gasteiger partial charge < -0.3 is 4.74 Å². The van der Waals surface area contributed by atoms with Crippen LogP contribution in [0.15, 0.2) is 28.5 Å². The van der Waals surface area contributed by atoms with Crippen LogP contribution in [0.25, 0.3) is 0 Å². The van der Waals surface area contributed by atoms with Gasteiger partial charge in [-0.25, -0.2) is 31.1 Å². The lowest BCUT2D eigenvalue weighted by Gasteiger charge is -2.07. The SMILES string of the molecule is O=C(NS(=O)(=O)c1ccc(F)c(F)c1F)Oc1ccsn1. The van der Waals surface area contributed by atoms with E-state index < -0.39 is 38.5 Å². The molecule has 1 N–H and O–H groups in total. The Bertz CT molecular complexity index is 778. The van der Waals surface area contributed by atoms with Gasteiger partial charge in [0.05, 0.1) is 0 Å². The summed E-state index contributed by atoms with van der Waals surface area (Å²) in [4.78, 5) is 10.1. The second-order valence-electron chi connectivity index (χ2n) is 3.51. The van der Waals surface area contributed by atoms with Crippen molar-refractivity contribution in [3.63, 3.8) is 0 Å². The molecule has 6 nitrogen and oxygen atoms in total. The first-order chi connectivity index (χ1) is 9.81. The van der Waals surface area contributed by atoms with Crippen molar-refractivity contribution in [3.8, 4) is 5.88 Å². The number of sulfonamides is 1. The summed E-state index contributed by atoms with van der Waals surface area (Å²) in [6.45, 7) is 0. The van der Waals surface area contributed by atoms with Crippen molar-refractivity contribution >= 4 is 27.6 Å². The van der Waals surface area contributed by atoms with Crippen molar-refractivity contribution in [3.05, 3.63) is 41.0 Å². The number of carbonyl (C=O) groups is 1. The summed E-state index contributed by atoms with van der Waals surface area (Å²) in [6, 6.07) is 2.18. The smallest absolute Gasteiger partial charge is 0.390 e. The minimum atomic E-state index is -4.76. The Morgan fingerprint density at radius 3 is 2.52 bits per heavy atom. The standard InChI is InChI=1S/C10H5F3N2O4S2/c11-5-1-2-6(9(13)8(5)12)21(17,18)15-10(16)19-7-3-4-20-14-7/h1-4H,(H,15,16). The van der Waals surface area contributed by atoms with Crippen molar-refractivity contribution in [1.82, 2.24) is 9.10 Å². The molecule has 0 aliphatic rings. The quantitative estimate of drug-likeness (QED) is 0.866.